The van der Waals surface area contributed by atoms with Gasteiger partial charge in [-0.1, -0.05) is 12.8 Å². The molecule has 4 nitrogen and oxygen atoms in total. The number of esters is 1. The summed E-state index contributed by atoms with van der Waals surface area (Å²) in [5.74, 6) is -4.95. The van der Waals surface area contributed by atoms with Gasteiger partial charge >= 0.3 is 17.1 Å². The molecule has 0 aromatic rings. The molecule has 0 N–H and O–H groups in total. The zero-order valence-corrected chi connectivity index (χ0v) is 13.7. The van der Waals surface area contributed by atoms with E-state index in [0.717, 1.165) is 0 Å². The Labute approximate surface area is 129 Å². The number of carbonyl (C=O) groups is 1. The number of hydrogen-bond acceptors (Lipinski definition) is 4. The predicted octanol–water partition coefficient (Wildman–Crippen LogP) is 3.37. The van der Waals surface area contributed by atoms with Crippen molar-refractivity contribution in [2.75, 3.05) is 6.61 Å². The fourth-order valence-corrected chi connectivity index (χ4v) is 1.85. The van der Waals surface area contributed by atoms with Crippen molar-refractivity contribution in [1.82, 2.24) is 0 Å². The molecule has 22 heavy (non-hydrogen) atoms. The first kappa shape index (κ1) is 21.1. The highest BCUT2D eigenvalue weighted by Gasteiger charge is 2.58. The zero-order valence-electron chi connectivity index (χ0n) is 12.8. The predicted molar refractivity (Wildman–Crippen MR) is 73.7 cm³/mol. The first-order valence-electron chi connectivity index (χ1n) is 6.90. The first-order chi connectivity index (χ1) is 9.82. The normalized spacial score (nSPS) is 13.5. The standard InChI is InChI=1S/C13H22F4O4S/c1-11(2,3)10(18)21-9-7-5-4-6-8-12(14,15)13(16,17)22(19)20/h22H,4-9H2,1-3H3. The molecule has 0 spiro atoms. The third-order valence-corrected chi connectivity index (χ3v) is 3.69. The number of alkyl halides is 4. The number of carbonyl (C=O) groups excluding carboxylic acids is 1. The minimum atomic E-state index is -5.02. The SMILES string of the molecule is CC(C)(C)C(=O)OCCCCCCC(F)(F)C(F)(F)[SH](=O)=O. The molecule has 0 bridgehead atoms. The van der Waals surface area contributed by atoms with E-state index in [1.165, 1.54) is 0 Å². The van der Waals surface area contributed by atoms with Crippen molar-refractivity contribution in [3.8, 4) is 0 Å². The maximum absolute atomic E-state index is 13.1. The number of unbranched alkanes of at least 4 members (excludes halogenated alkanes) is 3. The van der Waals surface area contributed by atoms with Crippen LogP contribution in [-0.4, -0.2) is 32.2 Å². The zero-order chi connectivity index (χ0) is 17.6. The van der Waals surface area contributed by atoms with Crippen LogP contribution in [0.5, 0.6) is 0 Å². The van der Waals surface area contributed by atoms with Crippen LogP contribution in [0.3, 0.4) is 0 Å². The molecule has 0 heterocycles. The summed E-state index contributed by atoms with van der Waals surface area (Å²) in [6, 6.07) is 0. The fraction of sp³-hybridized carbons (Fsp3) is 0.923. The van der Waals surface area contributed by atoms with E-state index in [2.05, 4.69) is 0 Å². The van der Waals surface area contributed by atoms with Gasteiger partial charge in [0.1, 0.15) is 0 Å². The maximum Gasteiger partial charge on any atom is 0.404 e. The molecule has 0 atom stereocenters. The Morgan fingerprint density at radius 1 is 0.955 bits per heavy atom. The molecule has 132 valence electrons. The summed E-state index contributed by atoms with van der Waals surface area (Å²) in [5, 5.41) is -5.02. The van der Waals surface area contributed by atoms with Crippen molar-refractivity contribution >= 4 is 16.7 Å². The molecule has 0 saturated heterocycles. The highest BCUT2D eigenvalue weighted by atomic mass is 32.2. The smallest absolute Gasteiger partial charge is 0.404 e. The Balaban J connectivity index is 3.94. The van der Waals surface area contributed by atoms with Crippen molar-refractivity contribution < 1.29 is 35.5 Å². The topological polar surface area (TPSA) is 60.4 Å². The molecule has 0 saturated carbocycles. The van der Waals surface area contributed by atoms with Gasteiger partial charge in [0.05, 0.1) is 12.0 Å². The Bertz CT molecular complexity index is 434. The molecule has 0 fully saturated rings. The highest BCUT2D eigenvalue weighted by molar-refractivity contribution is 7.73. The molecule has 0 aromatic heterocycles. The molecule has 0 aromatic carbocycles. The number of hydrogen-bond donors (Lipinski definition) is 1. The monoisotopic (exact) mass is 350 g/mol. The van der Waals surface area contributed by atoms with E-state index in [1.54, 1.807) is 20.8 Å². The van der Waals surface area contributed by atoms with E-state index in [4.69, 9.17) is 4.74 Å². The Kier molecular flexibility index (Phi) is 7.80. The van der Waals surface area contributed by atoms with Gasteiger partial charge in [-0.25, -0.2) is 8.42 Å². The number of thiol groups is 1. The average molecular weight is 350 g/mol. The number of rotatable bonds is 9. The van der Waals surface area contributed by atoms with E-state index in [-0.39, 0.29) is 25.4 Å². The molecule has 0 aliphatic rings. The lowest BCUT2D eigenvalue weighted by Crippen LogP contribution is -2.41. The lowest BCUT2D eigenvalue weighted by Gasteiger charge is -2.21. The van der Waals surface area contributed by atoms with Crippen molar-refractivity contribution in [3.05, 3.63) is 0 Å². The largest absolute Gasteiger partial charge is 0.465 e. The minimum absolute atomic E-state index is 0.134. The minimum Gasteiger partial charge on any atom is -0.465 e. The fourth-order valence-electron chi connectivity index (χ4n) is 1.47. The summed E-state index contributed by atoms with van der Waals surface area (Å²) in [7, 11) is -4.52. The quantitative estimate of drug-likeness (QED) is 0.300. The Morgan fingerprint density at radius 2 is 1.45 bits per heavy atom. The molecule has 0 aliphatic heterocycles. The lowest BCUT2D eigenvalue weighted by molar-refractivity contribution is -0.159. The van der Waals surface area contributed by atoms with Gasteiger partial charge in [0, 0.05) is 6.42 Å². The maximum atomic E-state index is 13.1. The molecular formula is C13H22F4O4S. The third kappa shape index (κ3) is 6.50. The molecular weight excluding hydrogens is 328 g/mol. The molecule has 0 amide bonds. The first-order valence-corrected chi connectivity index (χ1v) is 8.07. The summed E-state index contributed by atoms with van der Waals surface area (Å²) in [4.78, 5) is 11.4. The Morgan fingerprint density at radius 3 is 1.91 bits per heavy atom. The number of halogens is 4. The summed E-state index contributed by atoms with van der Waals surface area (Å²) in [6.07, 6.45) is -0.374. The van der Waals surface area contributed by atoms with E-state index in [0.29, 0.717) is 12.8 Å². The van der Waals surface area contributed by atoms with E-state index in [1.807, 2.05) is 0 Å². The molecule has 0 rings (SSSR count). The molecule has 0 radical (unpaired) electrons. The van der Waals surface area contributed by atoms with Crippen LogP contribution < -0.4 is 0 Å². The van der Waals surface area contributed by atoms with Gasteiger partial charge in [0.2, 0.25) is 10.7 Å². The Hall–Kier alpha value is -0.860. The van der Waals surface area contributed by atoms with Crippen molar-refractivity contribution in [3.63, 3.8) is 0 Å². The van der Waals surface area contributed by atoms with Gasteiger partial charge in [0.15, 0.2) is 0 Å². The van der Waals surface area contributed by atoms with Crippen molar-refractivity contribution in [1.29, 1.82) is 0 Å². The summed E-state index contributed by atoms with van der Waals surface area (Å²) < 4.78 is 76.9. The van der Waals surface area contributed by atoms with Crippen LogP contribution >= 0.6 is 0 Å². The van der Waals surface area contributed by atoms with E-state index < -0.39 is 33.7 Å². The van der Waals surface area contributed by atoms with Gasteiger partial charge in [0.25, 0.3) is 0 Å². The van der Waals surface area contributed by atoms with Crippen LogP contribution in [-0.2, 0) is 20.2 Å². The van der Waals surface area contributed by atoms with Crippen molar-refractivity contribution in [2.24, 2.45) is 5.41 Å². The third-order valence-electron chi connectivity index (χ3n) is 2.90. The van der Waals surface area contributed by atoms with Gasteiger partial charge in [-0.05, 0) is 33.6 Å². The van der Waals surface area contributed by atoms with Crippen LogP contribution in [0.25, 0.3) is 0 Å². The number of ether oxygens (including phenoxy) is 1. The molecule has 9 heteroatoms. The van der Waals surface area contributed by atoms with Crippen LogP contribution in [0.4, 0.5) is 17.6 Å². The van der Waals surface area contributed by atoms with Crippen LogP contribution in [0.1, 0.15) is 52.9 Å². The van der Waals surface area contributed by atoms with Gasteiger partial charge < -0.3 is 4.74 Å². The van der Waals surface area contributed by atoms with Gasteiger partial charge in [-0.15, -0.1) is 0 Å². The summed E-state index contributed by atoms with van der Waals surface area (Å²) in [5.41, 5.74) is -0.622. The van der Waals surface area contributed by atoms with E-state index in [9.17, 15) is 30.8 Å². The second-order valence-corrected chi connectivity index (χ2v) is 7.13. The van der Waals surface area contributed by atoms with Crippen LogP contribution in [0, 0.1) is 5.41 Å². The van der Waals surface area contributed by atoms with Crippen LogP contribution in [0.15, 0.2) is 0 Å². The van der Waals surface area contributed by atoms with Crippen molar-refractivity contribution in [2.45, 2.75) is 64.1 Å². The summed E-state index contributed by atoms with van der Waals surface area (Å²) >= 11 is 0. The second kappa shape index (κ2) is 8.12. The average Bonchev–Trinajstić information content (AvgIpc) is 2.35. The summed E-state index contributed by atoms with van der Waals surface area (Å²) in [6.45, 7) is 5.21. The second-order valence-electron chi connectivity index (χ2n) is 6.05. The molecule has 0 unspecified atom stereocenters. The molecule has 0 aliphatic carbocycles. The van der Waals surface area contributed by atoms with E-state index >= 15 is 0 Å². The van der Waals surface area contributed by atoms with Gasteiger partial charge in [-0.3, -0.25) is 4.79 Å². The lowest BCUT2D eigenvalue weighted by atomic mass is 9.97. The van der Waals surface area contributed by atoms with Gasteiger partial charge in [-0.2, -0.15) is 17.6 Å². The van der Waals surface area contributed by atoms with Crippen LogP contribution in [0.2, 0.25) is 0 Å². The highest BCUT2D eigenvalue weighted by Crippen LogP contribution is 2.38.